The smallest absolute Gasteiger partial charge is 0.337 e. The van der Waals surface area contributed by atoms with E-state index in [9.17, 15) is 14.0 Å². The third kappa shape index (κ3) is 4.96. The number of esters is 1. The van der Waals surface area contributed by atoms with Gasteiger partial charge in [0.05, 0.1) is 18.4 Å². The van der Waals surface area contributed by atoms with E-state index in [4.69, 9.17) is 0 Å². The van der Waals surface area contributed by atoms with E-state index in [-0.39, 0.29) is 29.6 Å². The second-order valence-corrected chi connectivity index (χ2v) is 5.13. The lowest BCUT2D eigenvalue weighted by Gasteiger charge is -2.22. The second kappa shape index (κ2) is 8.70. The molecule has 1 fully saturated rings. The summed E-state index contributed by atoms with van der Waals surface area (Å²) < 4.78 is 18.3. The van der Waals surface area contributed by atoms with Crippen LogP contribution in [0.5, 0.6) is 0 Å². The van der Waals surface area contributed by atoms with Crippen molar-refractivity contribution in [2.24, 2.45) is 5.92 Å². The van der Waals surface area contributed by atoms with Gasteiger partial charge in [-0.2, -0.15) is 0 Å². The number of hydrogen-bond acceptors (Lipinski definition) is 4. The van der Waals surface area contributed by atoms with Gasteiger partial charge in [-0.25, -0.2) is 9.18 Å². The highest BCUT2D eigenvalue weighted by Crippen LogP contribution is 2.20. The summed E-state index contributed by atoms with van der Waals surface area (Å²) in [5.41, 5.74) is 0.216. The fraction of sp³-hybridized carbons (Fsp3) is 0.467. The zero-order valence-corrected chi connectivity index (χ0v) is 13.2. The van der Waals surface area contributed by atoms with Crippen LogP contribution in [0.2, 0.25) is 0 Å². The topological polar surface area (TPSA) is 67.4 Å². The van der Waals surface area contributed by atoms with Crippen LogP contribution in [-0.2, 0) is 9.53 Å². The van der Waals surface area contributed by atoms with E-state index in [0.717, 1.165) is 32.0 Å². The van der Waals surface area contributed by atoms with Crippen molar-refractivity contribution in [2.75, 3.05) is 25.5 Å². The summed E-state index contributed by atoms with van der Waals surface area (Å²) in [4.78, 5) is 23.4. The number of anilines is 1. The van der Waals surface area contributed by atoms with Crippen LogP contribution in [0.3, 0.4) is 0 Å². The van der Waals surface area contributed by atoms with E-state index in [0.29, 0.717) is 12.3 Å². The van der Waals surface area contributed by atoms with Gasteiger partial charge in [0.1, 0.15) is 5.82 Å². The average Bonchev–Trinajstić information content (AvgIpc) is 2.49. The molecule has 1 aromatic carbocycles. The molecule has 0 radical (unpaired) electrons. The Morgan fingerprint density at radius 3 is 2.68 bits per heavy atom. The molecular formula is C15H20ClFN2O3. The zero-order chi connectivity index (χ0) is 15.2. The number of benzene rings is 1. The number of nitrogens with one attached hydrogen (secondary N) is 2. The number of piperidine rings is 1. The lowest BCUT2D eigenvalue weighted by atomic mass is 9.94. The largest absolute Gasteiger partial charge is 0.465 e. The monoisotopic (exact) mass is 330 g/mol. The number of ether oxygens (including phenoxy) is 1. The summed E-state index contributed by atoms with van der Waals surface area (Å²) in [6, 6.07) is 3.76. The molecule has 122 valence electrons. The molecule has 1 aliphatic heterocycles. The van der Waals surface area contributed by atoms with Gasteiger partial charge in [-0.05, 0) is 50.0 Å². The van der Waals surface area contributed by atoms with Crippen LogP contribution in [0, 0.1) is 11.7 Å². The molecule has 1 saturated heterocycles. The molecule has 1 aromatic rings. The lowest BCUT2D eigenvalue weighted by Crippen LogP contribution is -2.30. The van der Waals surface area contributed by atoms with Crippen molar-refractivity contribution in [3.63, 3.8) is 0 Å². The van der Waals surface area contributed by atoms with Gasteiger partial charge in [0.2, 0.25) is 5.91 Å². The number of amides is 1. The Labute approximate surface area is 135 Å². The molecule has 7 heteroatoms. The summed E-state index contributed by atoms with van der Waals surface area (Å²) in [5.74, 6) is -1.05. The summed E-state index contributed by atoms with van der Waals surface area (Å²) in [6.07, 6.45) is 2.25. The number of hydrogen-bond donors (Lipinski definition) is 2. The Hall–Kier alpha value is -1.66. The predicted molar refractivity (Wildman–Crippen MR) is 83.8 cm³/mol. The van der Waals surface area contributed by atoms with Gasteiger partial charge in [-0.15, -0.1) is 12.4 Å². The number of methoxy groups -OCH3 is 1. The Balaban J connectivity index is 0.00000242. The average molecular weight is 331 g/mol. The minimum absolute atomic E-state index is 0. The fourth-order valence-electron chi connectivity index (χ4n) is 2.42. The summed E-state index contributed by atoms with van der Waals surface area (Å²) in [6.45, 7) is 1.81. The van der Waals surface area contributed by atoms with Gasteiger partial charge in [-0.3, -0.25) is 4.79 Å². The molecule has 5 nitrogen and oxygen atoms in total. The normalized spacial score (nSPS) is 14.8. The Kier molecular flexibility index (Phi) is 7.27. The summed E-state index contributed by atoms with van der Waals surface area (Å²) in [7, 11) is 1.25. The van der Waals surface area contributed by atoms with Crippen molar-refractivity contribution in [1.29, 1.82) is 0 Å². The Morgan fingerprint density at radius 2 is 2.05 bits per heavy atom. The molecule has 2 N–H and O–H groups in total. The van der Waals surface area contributed by atoms with Crippen LogP contribution in [-0.4, -0.2) is 32.1 Å². The van der Waals surface area contributed by atoms with Gasteiger partial charge >= 0.3 is 5.97 Å². The van der Waals surface area contributed by atoms with E-state index >= 15 is 0 Å². The third-order valence-electron chi connectivity index (χ3n) is 3.59. The van der Waals surface area contributed by atoms with Crippen molar-refractivity contribution >= 4 is 30.0 Å². The van der Waals surface area contributed by atoms with Gasteiger partial charge in [0, 0.05) is 6.42 Å². The highest BCUT2D eigenvalue weighted by atomic mass is 35.5. The van der Waals surface area contributed by atoms with E-state index < -0.39 is 11.8 Å². The minimum Gasteiger partial charge on any atom is -0.465 e. The fourth-order valence-corrected chi connectivity index (χ4v) is 2.42. The standard InChI is InChI=1S/C15H19FN2O3.ClH/c1-21-15(20)11-2-3-12(16)13(9-11)18-14(19)8-10-4-6-17-7-5-10;/h2-3,9-10,17H,4-8H2,1H3,(H,18,19);1H. The molecule has 0 aliphatic carbocycles. The highest BCUT2D eigenvalue weighted by Gasteiger charge is 2.18. The number of rotatable bonds is 4. The maximum Gasteiger partial charge on any atom is 0.337 e. The molecule has 0 aromatic heterocycles. The molecule has 0 unspecified atom stereocenters. The zero-order valence-electron chi connectivity index (χ0n) is 12.4. The molecule has 0 saturated carbocycles. The lowest BCUT2D eigenvalue weighted by molar-refractivity contribution is -0.117. The first-order valence-corrected chi connectivity index (χ1v) is 6.98. The molecule has 22 heavy (non-hydrogen) atoms. The maximum atomic E-state index is 13.7. The molecule has 0 spiro atoms. The summed E-state index contributed by atoms with van der Waals surface area (Å²) >= 11 is 0. The second-order valence-electron chi connectivity index (χ2n) is 5.13. The Morgan fingerprint density at radius 1 is 1.36 bits per heavy atom. The Bertz CT molecular complexity index is 534. The first kappa shape index (κ1) is 18.4. The van der Waals surface area contributed by atoms with Crippen LogP contribution in [0.15, 0.2) is 18.2 Å². The molecular weight excluding hydrogens is 311 g/mol. The van der Waals surface area contributed by atoms with E-state index in [2.05, 4.69) is 15.4 Å². The van der Waals surface area contributed by atoms with Crippen LogP contribution < -0.4 is 10.6 Å². The van der Waals surface area contributed by atoms with Crippen LogP contribution in [0.4, 0.5) is 10.1 Å². The maximum absolute atomic E-state index is 13.7. The predicted octanol–water partition coefficient (Wildman–Crippen LogP) is 2.36. The van der Waals surface area contributed by atoms with Crippen molar-refractivity contribution in [1.82, 2.24) is 5.32 Å². The summed E-state index contributed by atoms with van der Waals surface area (Å²) in [5, 5.41) is 5.76. The third-order valence-corrected chi connectivity index (χ3v) is 3.59. The van der Waals surface area contributed by atoms with Crippen LogP contribution >= 0.6 is 12.4 Å². The first-order chi connectivity index (χ1) is 10.1. The molecule has 1 amide bonds. The molecule has 1 aliphatic rings. The van der Waals surface area contributed by atoms with Gasteiger partial charge < -0.3 is 15.4 Å². The van der Waals surface area contributed by atoms with E-state index in [1.165, 1.54) is 19.2 Å². The first-order valence-electron chi connectivity index (χ1n) is 6.98. The number of carbonyl (C=O) groups is 2. The quantitative estimate of drug-likeness (QED) is 0.832. The minimum atomic E-state index is -0.568. The molecule has 0 atom stereocenters. The van der Waals surface area contributed by atoms with E-state index in [1.54, 1.807) is 0 Å². The van der Waals surface area contributed by atoms with E-state index in [1.807, 2.05) is 0 Å². The number of carbonyl (C=O) groups excluding carboxylic acids is 2. The molecule has 1 heterocycles. The van der Waals surface area contributed by atoms with Gasteiger partial charge in [0.25, 0.3) is 0 Å². The van der Waals surface area contributed by atoms with Crippen molar-refractivity contribution in [2.45, 2.75) is 19.3 Å². The van der Waals surface area contributed by atoms with Crippen LogP contribution in [0.25, 0.3) is 0 Å². The van der Waals surface area contributed by atoms with Crippen molar-refractivity contribution in [3.8, 4) is 0 Å². The SMILES string of the molecule is COC(=O)c1ccc(F)c(NC(=O)CC2CCNCC2)c1.Cl. The number of halogens is 2. The van der Waals surface area contributed by atoms with Crippen molar-refractivity contribution in [3.05, 3.63) is 29.6 Å². The van der Waals surface area contributed by atoms with Crippen molar-refractivity contribution < 1.29 is 18.7 Å². The molecule has 2 rings (SSSR count). The van der Waals surface area contributed by atoms with Gasteiger partial charge in [-0.1, -0.05) is 0 Å². The molecule has 0 bridgehead atoms. The highest BCUT2D eigenvalue weighted by molar-refractivity contribution is 5.94. The van der Waals surface area contributed by atoms with Gasteiger partial charge in [0.15, 0.2) is 0 Å². The van der Waals surface area contributed by atoms with Crippen LogP contribution in [0.1, 0.15) is 29.6 Å².